The molecule has 2 rings (SSSR count). The van der Waals surface area contributed by atoms with Gasteiger partial charge in [-0.25, -0.2) is 0 Å². The van der Waals surface area contributed by atoms with Crippen molar-refractivity contribution in [2.45, 2.75) is 46.0 Å². The summed E-state index contributed by atoms with van der Waals surface area (Å²) in [5.74, 6) is 0. The highest BCUT2D eigenvalue weighted by molar-refractivity contribution is 6.31. The third-order valence-corrected chi connectivity index (χ3v) is 4.56. The quantitative estimate of drug-likeness (QED) is 0.537. The van der Waals surface area contributed by atoms with Crippen LogP contribution in [0.2, 0.25) is 5.02 Å². The van der Waals surface area contributed by atoms with Crippen molar-refractivity contribution in [1.29, 1.82) is 0 Å². The van der Waals surface area contributed by atoms with E-state index in [0.717, 1.165) is 34.6 Å². The number of aromatic nitrogens is 1. The third-order valence-electron chi connectivity index (χ3n) is 4.33. The van der Waals surface area contributed by atoms with Crippen molar-refractivity contribution in [3.8, 4) is 0 Å². The number of nitrogens with one attached hydrogen (secondary N) is 1. The average molecular weight is 348 g/mol. The molecule has 3 nitrogen and oxygen atoms in total. The van der Waals surface area contributed by atoms with Crippen LogP contribution in [0.25, 0.3) is 10.9 Å². The molecule has 132 valence electrons. The summed E-state index contributed by atoms with van der Waals surface area (Å²) in [5.41, 5.74) is 2.09. The lowest BCUT2D eigenvalue weighted by molar-refractivity contribution is 0.264. The Hall–Kier alpha value is -1.32. The fraction of sp³-hybridized carbons (Fsp3) is 0.550. The van der Waals surface area contributed by atoms with E-state index < -0.39 is 0 Å². The molecule has 0 bridgehead atoms. The van der Waals surface area contributed by atoms with E-state index in [1.54, 1.807) is 0 Å². The Morgan fingerprint density at radius 2 is 1.71 bits per heavy atom. The van der Waals surface area contributed by atoms with Gasteiger partial charge in [-0.1, -0.05) is 38.3 Å². The van der Waals surface area contributed by atoms with Crippen LogP contribution in [0.4, 0.5) is 5.69 Å². The van der Waals surface area contributed by atoms with Gasteiger partial charge in [-0.05, 0) is 63.2 Å². The Kier molecular flexibility index (Phi) is 8.34. The monoisotopic (exact) mass is 347 g/mol. The minimum absolute atomic E-state index is 0.731. The average Bonchev–Trinajstić information content (AvgIpc) is 2.60. The number of pyridine rings is 1. The van der Waals surface area contributed by atoms with Gasteiger partial charge in [-0.3, -0.25) is 4.98 Å². The van der Waals surface area contributed by atoms with Crippen LogP contribution in [0.3, 0.4) is 0 Å². The predicted molar refractivity (Wildman–Crippen MR) is 106 cm³/mol. The Morgan fingerprint density at radius 1 is 1.00 bits per heavy atom. The molecule has 24 heavy (non-hydrogen) atoms. The number of hydrogen-bond acceptors (Lipinski definition) is 3. The molecule has 1 aromatic carbocycles. The number of benzene rings is 1. The van der Waals surface area contributed by atoms with E-state index >= 15 is 0 Å². The Bertz CT molecular complexity index is 607. The molecule has 1 aromatic heterocycles. The number of unbranched alkanes of at least 4 members (excludes halogenated alkanes) is 2. The van der Waals surface area contributed by atoms with Gasteiger partial charge in [0.05, 0.1) is 5.52 Å². The summed E-state index contributed by atoms with van der Waals surface area (Å²) in [6.07, 6.45) is 8.14. The summed E-state index contributed by atoms with van der Waals surface area (Å²) in [5, 5.41) is 5.43. The molecule has 4 heteroatoms. The predicted octanol–water partition coefficient (Wildman–Crippen LogP) is 5.59. The van der Waals surface area contributed by atoms with Crippen molar-refractivity contribution in [3.05, 3.63) is 35.5 Å². The van der Waals surface area contributed by atoms with Crippen molar-refractivity contribution >= 4 is 28.2 Å². The van der Waals surface area contributed by atoms with Crippen molar-refractivity contribution in [1.82, 2.24) is 9.88 Å². The molecular formula is C20H30ClN3. The van der Waals surface area contributed by atoms with Crippen LogP contribution >= 0.6 is 11.6 Å². The molecule has 0 saturated carbocycles. The Labute approximate surface area is 151 Å². The first-order valence-corrected chi connectivity index (χ1v) is 9.63. The van der Waals surface area contributed by atoms with Crippen molar-refractivity contribution < 1.29 is 0 Å². The van der Waals surface area contributed by atoms with E-state index in [4.69, 9.17) is 11.6 Å². The van der Waals surface area contributed by atoms with Gasteiger partial charge in [0.1, 0.15) is 0 Å². The maximum absolute atomic E-state index is 6.05. The molecule has 0 fully saturated rings. The first-order chi connectivity index (χ1) is 11.7. The number of fused-ring (bicyclic) bond motifs is 1. The number of hydrogen-bond donors (Lipinski definition) is 1. The summed E-state index contributed by atoms with van der Waals surface area (Å²) in [4.78, 5) is 7.00. The first-order valence-electron chi connectivity index (χ1n) is 9.25. The highest BCUT2D eigenvalue weighted by atomic mass is 35.5. The van der Waals surface area contributed by atoms with Crippen LogP contribution < -0.4 is 5.32 Å². The number of halogens is 1. The molecule has 0 radical (unpaired) electrons. The molecule has 0 amide bonds. The van der Waals surface area contributed by atoms with Crippen molar-refractivity contribution in [3.63, 3.8) is 0 Å². The van der Waals surface area contributed by atoms with E-state index in [1.807, 2.05) is 30.5 Å². The van der Waals surface area contributed by atoms with Crippen LogP contribution in [-0.2, 0) is 0 Å². The van der Waals surface area contributed by atoms with Crippen LogP contribution in [0.15, 0.2) is 30.5 Å². The molecule has 1 heterocycles. The second-order valence-electron chi connectivity index (χ2n) is 6.35. The van der Waals surface area contributed by atoms with Gasteiger partial charge < -0.3 is 10.2 Å². The van der Waals surface area contributed by atoms with Crippen LogP contribution in [0.1, 0.15) is 46.0 Å². The summed E-state index contributed by atoms with van der Waals surface area (Å²) in [7, 11) is 0. The van der Waals surface area contributed by atoms with Crippen molar-refractivity contribution in [2.75, 3.05) is 31.5 Å². The topological polar surface area (TPSA) is 28.2 Å². The van der Waals surface area contributed by atoms with Gasteiger partial charge in [0.25, 0.3) is 0 Å². The summed E-state index contributed by atoms with van der Waals surface area (Å²) >= 11 is 6.05. The Morgan fingerprint density at radius 3 is 2.42 bits per heavy atom. The zero-order valence-electron chi connectivity index (χ0n) is 15.0. The minimum atomic E-state index is 0.731. The molecule has 0 unspecified atom stereocenters. The Balaban J connectivity index is 1.84. The van der Waals surface area contributed by atoms with Gasteiger partial charge in [0.2, 0.25) is 0 Å². The SMILES string of the molecule is CCCCN(CCCC)CCCNc1ccnc2cc(Cl)ccc12. The highest BCUT2D eigenvalue weighted by Gasteiger charge is 2.05. The normalized spacial score (nSPS) is 11.3. The minimum Gasteiger partial charge on any atom is -0.384 e. The standard InChI is InChI=1S/C20H30ClN3/c1-3-5-13-24(14-6-4-2)15-7-11-22-19-10-12-23-20-16-17(21)8-9-18(19)20/h8-10,12,16H,3-7,11,13-15H2,1-2H3,(H,22,23). The number of rotatable bonds is 11. The summed E-state index contributed by atoms with van der Waals surface area (Å²) < 4.78 is 0. The zero-order valence-corrected chi connectivity index (χ0v) is 15.8. The highest BCUT2D eigenvalue weighted by Crippen LogP contribution is 2.24. The molecule has 0 atom stereocenters. The van der Waals surface area contributed by atoms with Gasteiger partial charge in [-0.15, -0.1) is 0 Å². The zero-order chi connectivity index (χ0) is 17.2. The van der Waals surface area contributed by atoms with E-state index in [-0.39, 0.29) is 0 Å². The van der Waals surface area contributed by atoms with Crippen molar-refractivity contribution in [2.24, 2.45) is 0 Å². The maximum atomic E-state index is 6.05. The van der Waals surface area contributed by atoms with Gasteiger partial charge in [0, 0.05) is 28.8 Å². The lowest BCUT2D eigenvalue weighted by atomic mass is 10.2. The third kappa shape index (κ3) is 5.95. The van der Waals surface area contributed by atoms with E-state index in [2.05, 4.69) is 29.0 Å². The number of anilines is 1. The fourth-order valence-corrected chi connectivity index (χ4v) is 3.07. The lowest BCUT2D eigenvalue weighted by Crippen LogP contribution is -2.28. The smallest absolute Gasteiger partial charge is 0.0737 e. The second-order valence-corrected chi connectivity index (χ2v) is 6.79. The fourth-order valence-electron chi connectivity index (χ4n) is 2.90. The van der Waals surface area contributed by atoms with E-state index in [0.29, 0.717) is 0 Å². The van der Waals surface area contributed by atoms with E-state index in [1.165, 1.54) is 45.3 Å². The largest absolute Gasteiger partial charge is 0.384 e. The molecule has 1 N–H and O–H groups in total. The van der Waals surface area contributed by atoms with Gasteiger partial charge in [0.15, 0.2) is 0 Å². The molecular weight excluding hydrogens is 318 g/mol. The molecule has 0 aliphatic rings. The number of nitrogens with zero attached hydrogens (tertiary/aromatic N) is 2. The van der Waals surface area contributed by atoms with Crippen LogP contribution in [0, 0.1) is 0 Å². The molecule has 0 saturated heterocycles. The molecule has 0 aliphatic carbocycles. The first kappa shape index (κ1) is 19.0. The lowest BCUT2D eigenvalue weighted by Gasteiger charge is -2.22. The summed E-state index contributed by atoms with van der Waals surface area (Å²) in [6, 6.07) is 7.93. The van der Waals surface area contributed by atoms with Gasteiger partial charge >= 0.3 is 0 Å². The molecule has 0 aliphatic heterocycles. The summed E-state index contributed by atoms with van der Waals surface area (Å²) in [6.45, 7) is 9.14. The van der Waals surface area contributed by atoms with Crippen LogP contribution in [-0.4, -0.2) is 36.1 Å². The van der Waals surface area contributed by atoms with E-state index in [9.17, 15) is 0 Å². The molecule has 2 aromatic rings. The second kappa shape index (κ2) is 10.5. The van der Waals surface area contributed by atoms with Crippen LogP contribution in [0.5, 0.6) is 0 Å². The molecule has 0 spiro atoms. The van der Waals surface area contributed by atoms with Gasteiger partial charge in [-0.2, -0.15) is 0 Å². The maximum Gasteiger partial charge on any atom is 0.0737 e.